The van der Waals surface area contributed by atoms with Crippen LogP contribution in [0.2, 0.25) is 0 Å². The lowest BCUT2D eigenvalue weighted by Gasteiger charge is -2.12. The van der Waals surface area contributed by atoms with Gasteiger partial charge in [-0.3, -0.25) is 0 Å². The predicted octanol–water partition coefficient (Wildman–Crippen LogP) is 5.82. The highest BCUT2D eigenvalue weighted by molar-refractivity contribution is 9.10. The summed E-state index contributed by atoms with van der Waals surface area (Å²) >= 11 is 2.58. The van der Waals surface area contributed by atoms with Crippen LogP contribution in [0.15, 0.2) is 28.7 Å². The third-order valence-corrected chi connectivity index (χ3v) is 3.26. The Balaban J connectivity index is 2.43. The number of ether oxygens (including phenoxy) is 1. The van der Waals surface area contributed by atoms with Crippen molar-refractivity contribution in [3.63, 3.8) is 0 Å². The average Bonchev–Trinajstić information content (AvgIpc) is 2.38. The van der Waals surface area contributed by atoms with Gasteiger partial charge in [-0.15, -0.1) is 0 Å². The number of hydrogen-bond donors (Lipinski definition) is 0. The first-order valence-electron chi connectivity index (χ1n) is 5.48. The van der Waals surface area contributed by atoms with Crippen molar-refractivity contribution in [2.75, 3.05) is 0 Å². The molecule has 0 saturated heterocycles. The van der Waals surface area contributed by atoms with Crippen LogP contribution in [0.3, 0.4) is 0 Å². The molecular formula is C13H4BrF7O. The highest BCUT2D eigenvalue weighted by Crippen LogP contribution is 2.36. The van der Waals surface area contributed by atoms with E-state index in [1.54, 1.807) is 0 Å². The summed E-state index contributed by atoms with van der Waals surface area (Å²) in [6.45, 7) is 0. The summed E-state index contributed by atoms with van der Waals surface area (Å²) in [6.07, 6.45) is -4.95. The third kappa shape index (κ3) is 3.34. The van der Waals surface area contributed by atoms with E-state index in [1.165, 1.54) is 0 Å². The van der Waals surface area contributed by atoms with Crippen LogP contribution in [-0.4, -0.2) is 0 Å². The van der Waals surface area contributed by atoms with Crippen LogP contribution in [0, 0.1) is 23.3 Å². The molecule has 0 radical (unpaired) electrons. The first-order valence-corrected chi connectivity index (χ1v) is 6.27. The van der Waals surface area contributed by atoms with Crippen LogP contribution in [0.25, 0.3) is 0 Å². The molecule has 2 rings (SSSR count). The summed E-state index contributed by atoms with van der Waals surface area (Å²) in [7, 11) is 0. The van der Waals surface area contributed by atoms with Gasteiger partial charge in [0.05, 0.1) is 10.0 Å². The Kier molecular flexibility index (Phi) is 4.37. The topological polar surface area (TPSA) is 9.23 Å². The van der Waals surface area contributed by atoms with Crippen molar-refractivity contribution in [3.05, 3.63) is 57.6 Å². The minimum atomic E-state index is -4.95. The molecule has 0 saturated carbocycles. The molecule has 0 aliphatic carbocycles. The summed E-state index contributed by atoms with van der Waals surface area (Å²) in [5.41, 5.74) is -1.55. The fraction of sp³-hybridized carbons (Fsp3) is 0.0769. The van der Waals surface area contributed by atoms with Crippen LogP contribution >= 0.6 is 15.9 Å². The molecule has 0 amide bonds. The SMILES string of the molecule is Fc1cc(Oc2c(F)cc(C(F)(F)F)cc2F)cc(F)c1Br. The number of hydrogen-bond acceptors (Lipinski definition) is 1. The maximum absolute atomic E-state index is 13.5. The van der Waals surface area contributed by atoms with Crippen LogP contribution in [0.5, 0.6) is 11.5 Å². The second-order valence-electron chi connectivity index (χ2n) is 4.07. The largest absolute Gasteiger partial charge is 0.451 e. The molecule has 22 heavy (non-hydrogen) atoms. The van der Waals surface area contributed by atoms with E-state index >= 15 is 0 Å². The molecule has 0 N–H and O–H groups in total. The van der Waals surface area contributed by atoms with E-state index in [-0.39, 0.29) is 12.1 Å². The maximum Gasteiger partial charge on any atom is 0.416 e. The van der Waals surface area contributed by atoms with Crippen LogP contribution in [0.1, 0.15) is 5.56 Å². The summed E-state index contributed by atoms with van der Waals surface area (Å²) in [4.78, 5) is 0. The van der Waals surface area contributed by atoms with Gasteiger partial charge < -0.3 is 4.74 Å². The standard InChI is InChI=1S/C13H4BrF7O/c14-11-7(15)3-6(4-8(11)16)22-12-9(17)1-5(2-10(12)18)13(19,20)21/h1-4H. The zero-order chi connectivity index (χ0) is 16.7. The molecule has 0 aliphatic rings. The summed E-state index contributed by atoms with van der Waals surface area (Å²) in [5, 5.41) is 0. The third-order valence-electron chi connectivity index (χ3n) is 2.50. The van der Waals surface area contributed by atoms with Crippen molar-refractivity contribution >= 4 is 15.9 Å². The van der Waals surface area contributed by atoms with Gasteiger partial charge in [-0.1, -0.05) is 0 Å². The number of benzene rings is 2. The average molecular weight is 389 g/mol. The normalized spacial score (nSPS) is 11.6. The molecule has 9 heteroatoms. The fourth-order valence-corrected chi connectivity index (χ4v) is 1.76. The maximum atomic E-state index is 13.5. The molecule has 0 unspecified atom stereocenters. The number of alkyl halides is 3. The van der Waals surface area contributed by atoms with Crippen molar-refractivity contribution in [1.82, 2.24) is 0 Å². The minimum Gasteiger partial charge on any atom is -0.451 e. The van der Waals surface area contributed by atoms with Crippen LogP contribution in [-0.2, 0) is 6.18 Å². The molecule has 2 aromatic carbocycles. The predicted molar refractivity (Wildman–Crippen MR) is 65.5 cm³/mol. The van der Waals surface area contributed by atoms with Crippen molar-refractivity contribution in [2.24, 2.45) is 0 Å². The minimum absolute atomic E-state index is 0.0178. The molecule has 0 aromatic heterocycles. The number of halogens is 8. The van der Waals surface area contributed by atoms with Gasteiger partial charge in [-0.25, -0.2) is 17.6 Å². The van der Waals surface area contributed by atoms with Gasteiger partial charge in [0.25, 0.3) is 0 Å². The quantitative estimate of drug-likeness (QED) is 0.465. The fourth-order valence-electron chi connectivity index (χ4n) is 1.53. The Morgan fingerprint density at radius 2 is 1.23 bits per heavy atom. The van der Waals surface area contributed by atoms with Crippen molar-refractivity contribution in [1.29, 1.82) is 0 Å². The van der Waals surface area contributed by atoms with Crippen molar-refractivity contribution in [3.8, 4) is 11.5 Å². The van der Waals surface area contributed by atoms with E-state index in [0.717, 1.165) is 0 Å². The van der Waals surface area contributed by atoms with Crippen molar-refractivity contribution < 1.29 is 35.5 Å². The van der Waals surface area contributed by atoms with Gasteiger partial charge in [0, 0.05) is 12.1 Å². The Bertz CT molecular complexity index is 681. The van der Waals surface area contributed by atoms with Gasteiger partial charge in [-0.05, 0) is 28.1 Å². The lowest BCUT2D eigenvalue weighted by molar-refractivity contribution is -0.138. The van der Waals surface area contributed by atoms with Gasteiger partial charge in [-0.2, -0.15) is 13.2 Å². The first kappa shape index (κ1) is 16.6. The zero-order valence-corrected chi connectivity index (χ0v) is 11.8. The van der Waals surface area contributed by atoms with E-state index in [1.807, 2.05) is 0 Å². The Morgan fingerprint density at radius 3 is 1.64 bits per heavy atom. The summed E-state index contributed by atoms with van der Waals surface area (Å²) in [6, 6.07) is 1.27. The second kappa shape index (κ2) is 5.79. The molecule has 0 aliphatic heterocycles. The molecule has 0 bridgehead atoms. The molecule has 2 aromatic rings. The van der Waals surface area contributed by atoms with E-state index in [0.29, 0.717) is 12.1 Å². The molecule has 0 spiro atoms. The van der Waals surface area contributed by atoms with E-state index in [9.17, 15) is 30.7 Å². The van der Waals surface area contributed by atoms with Crippen molar-refractivity contribution in [2.45, 2.75) is 6.18 Å². The monoisotopic (exact) mass is 388 g/mol. The first-order chi connectivity index (χ1) is 10.1. The molecule has 0 atom stereocenters. The molecule has 0 heterocycles. The summed E-state index contributed by atoms with van der Waals surface area (Å²) < 4.78 is 94.8. The van der Waals surface area contributed by atoms with Crippen LogP contribution in [0.4, 0.5) is 30.7 Å². The van der Waals surface area contributed by atoms with Gasteiger partial charge in [0.1, 0.15) is 17.4 Å². The smallest absolute Gasteiger partial charge is 0.416 e. The lowest BCUT2D eigenvalue weighted by Crippen LogP contribution is -2.07. The highest BCUT2D eigenvalue weighted by Gasteiger charge is 2.33. The van der Waals surface area contributed by atoms with Gasteiger partial charge >= 0.3 is 6.18 Å². The van der Waals surface area contributed by atoms with E-state index in [4.69, 9.17) is 0 Å². The zero-order valence-electron chi connectivity index (χ0n) is 10.2. The summed E-state index contributed by atoms with van der Waals surface area (Å²) in [5.74, 6) is -7.34. The number of rotatable bonds is 2. The molecule has 1 nitrogen and oxygen atoms in total. The molecule has 118 valence electrons. The van der Waals surface area contributed by atoms with E-state index < -0.39 is 51.0 Å². The van der Waals surface area contributed by atoms with Crippen LogP contribution < -0.4 is 4.74 Å². The second-order valence-corrected chi connectivity index (χ2v) is 4.86. The van der Waals surface area contributed by atoms with E-state index in [2.05, 4.69) is 20.7 Å². The molecular weight excluding hydrogens is 385 g/mol. The van der Waals surface area contributed by atoms with Gasteiger partial charge in [0.2, 0.25) is 0 Å². The Morgan fingerprint density at radius 1 is 0.773 bits per heavy atom. The highest BCUT2D eigenvalue weighted by atomic mass is 79.9. The Labute approximate surface area is 127 Å². The molecule has 0 fully saturated rings. The van der Waals surface area contributed by atoms with Gasteiger partial charge in [0.15, 0.2) is 17.4 Å². The lowest BCUT2D eigenvalue weighted by atomic mass is 10.2. The Hall–Kier alpha value is -1.77.